The molecular formula is C21H30N2O4. The lowest BCUT2D eigenvalue weighted by atomic mass is 9.75. The molecule has 0 aromatic heterocycles. The van der Waals surface area contributed by atoms with Crippen LogP contribution in [0.3, 0.4) is 0 Å². The van der Waals surface area contributed by atoms with Crippen molar-refractivity contribution in [3.05, 3.63) is 34.4 Å². The van der Waals surface area contributed by atoms with Crippen LogP contribution in [0.15, 0.2) is 24.3 Å². The van der Waals surface area contributed by atoms with Crippen molar-refractivity contribution in [3.8, 4) is 0 Å². The molecule has 2 fully saturated rings. The zero-order valence-electron chi connectivity index (χ0n) is 16.4. The van der Waals surface area contributed by atoms with Crippen molar-refractivity contribution in [1.29, 1.82) is 0 Å². The number of carbonyl (C=O) groups excluding carboxylic acids is 1. The third-order valence-corrected chi connectivity index (χ3v) is 5.99. The Balaban J connectivity index is 1.73. The van der Waals surface area contributed by atoms with Crippen molar-refractivity contribution in [1.82, 2.24) is 0 Å². The first-order valence-corrected chi connectivity index (χ1v) is 10.1. The van der Waals surface area contributed by atoms with E-state index in [9.17, 15) is 14.9 Å². The third kappa shape index (κ3) is 4.79. The molecule has 4 atom stereocenters. The van der Waals surface area contributed by atoms with E-state index in [0.29, 0.717) is 23.4 Å². The first-order chi connectivity index (χ1) is 12.9. The minimum absolute atomic E-state index is 0.0118. The van der Waals surface area contributed by atoms with E-state index in [-0.39, 0.29) is 23.7 Å². The molecule has 6 nitrogen and oxygen atoms in total. The number of hydrogen-bond acceptors (Lipinski definition) is 5. The molecule has 27 heavy (non-hydrogen) atoms. The van der Waals surface area contributed by atoms with Crippen molar-refractivity contribution in [2.45, 2.75) is 65.0 Å². The van der Waals surface area contributed by atoms with Crippen LogP contribution in [-0.2, 0) is 9.53 Å². The molecule has 1 aromatic carbocycles. The number of para-hydroxylation sites is 2. The summed E-state index contributed by atoms with van der Waals surface area (Å²) in [5, 5.41) is 14.4. The van der Waals surface area contributed by atoms with E-state index in [1.54, 1.807) is 18.2 Å². The molecule has 1 N–H and O–H groups in total. The van der Waals surface area contributed by atoms with Gasteiger partial charge in [-0.3, -0.25) is 10.1 Å². The van der Waals surface area contributed by atoms with Gasteiger partial charge >= 0.3 is 5.97 Å². The fourth-order valence-corrected chi connectivity index (χ4v) is 4.19. The Labute approximate surface area is 160 Å². The van der Waals surface area contributed by atoms with Gasteiger partial charge in [0.05, 0.1) is 4.92 Å². The van der Waals surface area contributed by atoms with Gasteiger partial charge in [0, 0.05) is 6.07 Å². The number of rotatable bonds is 7. The van der Waals surface area contributed by atoms with Crippen molar-refractivity contribution >= 4 is 17.3 Å². The van der Waals surface area contributed by atoms with E-state index in [2.05, 4.69) is 26.1 Å². The number of nitro benzene ring substituents is 1. The fourth-order valence-electron chi connectivity index (χ4n) is 4.19. The quantitative estimate of drug-likeness (QED) is 0.421. The van der Waals surface area contributed by atoms with E-state index in [0.717, 1.165) is 25.7 Å². The molecule has 1 unspecified atom stereocenters. The molecule has 3 rings (SSSR count). The van der Waals surface area contributed by atoms with Gasteiger partial charge in [-0.25, -0.2) is 4.79 Å². The standard InChI is InChI=1S/C21H30N2O4/c1-13(2)16-11-8-14(3)12-19(16)27-21(24)20(15-9-10-15)22-17-6-4-5-7-18(17)23(25)26/h4-7,13-16,19-20,22H,8-12H2,1-3H3/t14-,16+,19?,20-/m1/s1. The Morgan fingerprint density at radius 3 is 2.56 bits per heavy atom. The minimum atomic E-state index is -0.517. The number of hydrogen-bond donors (Lipinski definition) is 1. The lowest BCUT2D eigenvalue weighted by Gasteiger charge is -2.37. The number of nitro groups is 1. The van der Waals surface area contributed by atoms with Gasteiger partial charge in [0.25, 0.3) is 5.69 Å². The van der Waals surface area contributed by atoms with Gasteiger partial charge in [0.15, 0.2) is 0 Å². The summed E-state index contributed by atoms with van der Waals surface area (Å²) in [6.07, 6.45) is 5.00. The smallest absolute Gasteiger partial charge is 0.329 e. The maximum Gasteiger partial charge on any atom is 0.329 e. The van der Waals surface area contributed by atoms with Crippen LogP contribution < -0.4 is 5.32 Å². The summed E-state index contributed by atoms with van der Waals surface area (Å²) in [6, 6.07) is 5.96. The molecule has 2 aliphatic rings. The third-order valence-electron chi connectivity index (χ3n) is 5.99. The number of carbonyl (C=O) groups is 1. The zero-order valence-corrected chi connectivity index (χ0v) is 16.4. The first-order valence-electron chi connectivity index (χ1n) is 10.1. The van der Waals surface area contributed by atoms with Crippen LogP contribution >= 0.6 is 0 Å². The minimum Gasteiger partial charge on any atom is -0.461 e. The molecule has 0 bridgehead atoms. The second kappa shape index (κ2) is 8.28. The normalized spacial score (nSPS) is 26.4. The molecule has 0 saturated heterocycles. The Bertz CT molecular complexity index is 687. The molecule has 148 valence electrons. The topological polar surface area (TPSA) is 81.5 Å². The van der Waals surface area contributed by atoms with Crippen LogP contribution in [-0.4, -0.2) is 23.0 Å². The summed E-state index contributed by atoms with van der Waals surface area (Å²) in [4.78, 5) is 23.9. The van der Waals surface area contributed by atoms with Gasteiger partial charge in [-0.15, -0.1) is 0 Å². The number of nitrogens with one attached hydrogen (secondary N) is 1. The van der Waals surface area contributed by atoms with Crippen molar-refractivity contribution in [2.75, 3.05) is 5.32 Å². The lowest BCUT2D eigenvalue weighted by Crippen LogP contribution is -2.41. The highest BCUT2D eigenvalue weighted by molar-refractivity contribution is 5.81. The number of esters is 1. The largest absolute Gasteiger partial charge is 0.461 e. The maximum atomic E-state index is 13.0. The zero-order chi connectivity index (χ0) is 19.6. The van der Waals surface area contributed by atoms with Gasteiger partial charge in [0.2, 0.25) is 0 Å². The molecule has 2 saturated carbocycles. The summed E-state index contributed by atoms with van der Waals surface area (Å²) in [7, 11) is 0. The van der Waals surface area contributed by atoms with E-state index >= 15 is 0 Å². The van der Waals surface area contributed by atoms with Gasteiger partial charge < -0.3 is 10.1 Å². The monoisotopic (exact) mass is 374 g/mol. The summed E-state index contributed by atoms with van der Waals surface area (Å²) in [5.74, 6) is 1.34. The van der Waals surface area contributed by atoms with E-state index in [1.807, 2.05) is 0 Å². The lowest BCUT2D eigenvalue weighted by molar-refractivity contribution is -0.384. The average molecular weight is 374 g/mol. The van der Waals surface area contributed by atoms with Crippen molar-refractivity contribution in [2.24, 2.45) is 23.7 Å². The summed E-state index contributed by atoms with van der Waals surface area (Å²) in [6.45, 7) is 6.58. The van der Waals surface area contributed by atoms with E-state index < -0.39 is 11.0 Å². The second-order valence-electron chi connectivity index (χ2n) is 8.54. The van der Waals surface area contributed by atoms with Crippen LogP contribution in [0.1, 0.15) is 52.9 Å². The van der Waals surface area contributed by atoms with Gasteiger partial charge in [-0.2, -0.15) is 0 Å². The molecule has 0 spiro atoms. The predicted molar refractivity (Wildman–Crippen MR) is 104 cm³/mol. The summed E-state index contributed by atoms with van der Waals surface area (Å²) in [5.41, 5.74) is 0.371. The molecule has 0 amide bonds. The van der Waals surface area contributed by atoms with E-state index in [1.165, 1.54) is 12.5 Å². The van der Waals surface area contributed by atoms with Crippen LogP contribution in [0.2, 0.25) is 0 Å². The van der Waals surface area contributed by atoms with Crippen LogP contribution in [0.4, 0.5) is 11.4 Å². The van der Waals surface area contributed by atoms with Crippen molar-refractivity contribution < 1.29 is 14.5 Å². The highest BCUT2D eigenvalue weighted by atomic mass is 16.6. The van der Waals surface area contributed by atoms with Crippen molar-refractivity contribution in [3.63, 3.8) is 0 Å². The predicted octanol–water partition coefficient (Wildman–Crippen LogP) is 4.79. The van der Waals surface area contributed by atoms with Gasteiger partial charge in [-0.05, 0) is 55.4 Å². The maximum absolute atomic E-state index is 13.0. The molecule has 1 aromatic rings. The van der Waals surface area contributed by atoms with E-state index in [4.69, 9.17) is 4.74 Å². The number of anilines is 1. The van der Waals surface area contributed by atoms with Crippen LogP contribution in [0.25, 0.3) is 0 Å². The average Bonchev–Trinajstić information content (AvgIpc) is 3.44. The molecule has 0 radical (unpaired) electrons. The number of nitrogens with zero attached hydrogens (tertiary/aromatic N) is 1. The highest BCUT2D eigenvalue weighted by Gasteiger charge is 2.41. The molecule has 0 aliphatic heterocycles. The Morgan fingerprint density at radius 1 is 1.22 bits per heavy atom. The molecular weight excluding hydrogens is 344 g/mol. The second-order valence-corrected chi connectivity index (χ2v) is 8.54. The summed E-state index contributed by atoms with van der Waals surface area (Å²) < 4.78 is 6.00. The van der Waals surface area contributed by atoms with Crippen LogP contribution in [0.5, 0.6) is 0 Å². The Hall–Kier alpha value is -2.11. The Morgan fingerprint density at radius 2 is 1.93 bits per heavy atom. The molecule has 2 aliphatic carbocycles. The first kappa shape index (κ1) is 19.6. The Kier molecular flexibility index (Phi) is 6.02. The summed E-state index contributed by atoms with van der Waals surface area (Å²) >= 11 is 0. The highest BCUT2D eigenvalue weighted by Crippen LogP contribution is 2.39. The fraction of sp³-hybridized carbons (Fsp3) is 0.667. The SMILES string of the molecule is CC(C)[C@@H]1CC[C@@H](C)CC1OC(=O)[C@H](Nc1ccccc1[N+](=O)[O-])C1CC1. The van der Waals surface area contributed by atoms with Crippen LogP contribution in [0, 0.1) is 33.8 Å². The number of benzene rings is 1. The van der Waals surface area contributed by atoms with Gasteiger partial charge in [-0.1, -0.05) is 39.3 Å². The van der Waals surface area contributed by atoms with Gasteiger partial charge in [0.1, 0.15) is 17.8 Å². The molecule has 6 heteroatoms. The molecule has 0 heterocycles. The number of ether oxygens (including phenoxy) is 1.